The lowest BCUT2D eigenvalue weighted by molar-refractivity contribution is -0.383. The van der Waals surface area contributed by atoms with E-state index < -0.39 is 4.92 Å². The highest BCUT2D eigenvalue weighted by atomic mass is 32.2. The van der Waals surface area contributed by atoms with Crippen LogP contribution in [0, 0.1) is 10.1 Å². The predicted molar refractivity (Wildman–Crippen MR) is 115 cm³/mol. The molecule has 1 aromatic heterocycles. The van der Waals surface area contributed by atoms with E-state index in [9.17, 15) is 14.9 Å². The molecule has 1 heterocycles. The smallest absolute Gasteiger partial charge is 0.292 e. The number of nitrogen functional groups attached to an aromatic ring is 1. The number of carbonyl (C=O) groups excluding carboxylic acids is 1. The van der Waals surface area contributed by atoms with Crippen molar-refractivity contribution in [3.63, 3.8) is 0 Å². The molecule has 2 aromatic carbocycles. The molecule has 31 heavy (non-hydrogen) atoms. The lowest BCUT2D eigenvalue weighted by Crippen LogP contribution is -2.16. The van der Waals surface area contributed by atoms with E-state index in [1.807, 2.05) is 0 Å². The first-order chi connectivity index (χ1) is 15.0. The largest absolute Gasteiger partial charge is 0.497 e. The van der Waals surface area contributed by atoms with Gasteiger partial charge < -0.3 is 20.6 Å². The van der Waals surface area contributed by atoms with E-state index in [1.54, 1.807) is 37.4 Å². The highest BCUT2D eigenvalue weighted by Crippen LogP contribution is 2.24. The van der Waals surface area contributed by atoms with Crippen LogP contribution in [-0.2, 0) is 11.4 Å². The number of nitrogens with zero attached hydrogens (tertiary/aromatic N) is 4. The number of nitrogens with one attached hydrogen (secondary N) is 1. The Labute approximate surface area is 181 Å². The van der Waals surface area contributed by atoms with E-state index in [0.717, 1.165) is 0 Å². The summed E-state index contributed by atoms with van der Waals surface area (Å²) in [6.45, 7) is 0.107. The first-order valence-electron chi connectivity index (χ1n) is 9.10. The summed E-state index contributed by atoms with van der Waals surface area (Å²) in [6, 6.07) is 13.1. The zero-order valence-corrected chi connectivity index (χ0v) is 17.4. The topological polar surface area (TPSA) is 147 Å². The number of thioether (sulfide) groups is 1. The van der Waals surface area contributed by atoms with Gasteiger partial charge in [-0.1, -0.05) is 30.0 Å². The van der Waals surface area contributed by atoms with Crippen LogP contribution in [-0.4, -0.2) is 38.6 Å². The van der Waals surface area contributed by atoms with E-state index in [4.69, 9.17) is 15.3 Å². The van der Waals surface area contributed by atoms with E-state index >= 15 is 0 Å². The Hall–Kier alpha value is -3.80. The van der Waals surface area contributed by atoms with Crippen LogP contribution >= 0.6 is 11.8 Å². The maximum Gasteiger partial charge on any atom is 0.292 e. The van der Waals surface area contributed by atoms with Crippen LogP contribution in [0.1, 0.15) is 12.2 Å². The minimum atomic E-state index is -0.545. The van der Waals surface area contributed by atoms with Crippen molar-refractivity contribution < 1.29 is 19.2 Å². The van der Waals surface area contributed by atoms with Gasteiger partial charge >= 0.3 is 0 Å². The molecule has 3 rings (SSSR count). The van der Waals surface area contributed by atoms with Gasteiger partial charge in [0.2, 0.25) is 11.1 Å². The number of nitro benzene ring substituents is 1. The lowest BCUT2D eigenvalue weighted by Gasteiger charge is -2.08. The van der Waals surface area contributed by atoms with Gasteiger partial charge in [0.15, 0.2) is 5.82 Å². The van der Waals surface area contributed by atoms with Crippen LogP contribution < -0.4 is 20.6 Å². The van der Waals surface area contributed by atoms with Crippen LogP contribution in [0.4, 0.5) is 11.4 Å². The summed E-state index contributed by atoms with van der Waals surface area (Å²) in [6.07, 6.45) is 0.110. The van der Waals surface area contributed by atoms with Gasteiger partial charge in [0.25, 0.3) is 5.69 Å². The maximum atomic E-state index is 12.1. The Balaban J connectivity index is 1.49. The van der Waals surface area contributed by atoms with Crippen LogP contribution in [0.2, 0.25) is 0 Å². The van der Waals surface area contributed by atoms with Crippen LogP contribution in [0.25, 0.3) is 0 Å². The number of rotatable bonds is 10. The number of amides is 1. The molecule has 0 aliphatic rings. The fraction of sp³-hybridized carbons (Fsp3) is 0.211. The highest BCUT2D eigenvalue weighted by molar-refractivity contribution is 7.99. The van der Waals surface area contributed by atoms with Crippen molar-refractivity contribution in [2.75, 3.05) is 24.0 Å². The molecule has 0 radical (unpaired) electrons. The first kappa shape index (κ1) is 21.9. The molecule has 0 atom stereocenters. The number of hydrogen-bond donors (Lipinski definition) is 2. The van der Waals surface area contributed by atoms with E-state index in [0.29, 0.717) is 28.2 Å². The second kappa shape index (κ2) is 10.3. The van der Waals surface area contributed by atoms with Gasteiger partial charge in [-0.05, 0) is 18.2 Å². The summed E-state index contributed by atoms with van der Waals surface area (Å²) < 4.78 is 12.1. The minimum absolute atomic E-state index is 0.107. The fourth-order valence-corrected chi connectivity index (χ4v) is 3.34. The molecule has 162 valence electrons. The molecule has 12 heteroatoms. The summed E-state index contributed by atoms with van der Waals surface area (Å²) in [5, 5.41) is 22.0. The second-order valence-corrected chi connectivity index (χ2v) is 7.22. The Morgan fingerprint density at radius 2 is 2.00 bits per heavy atom. The monoisotopic (exact) mass is 444 g/mol. The summed E-state index contributed by atoms with van der Waals surface area (Å²) in [4.78, 5) is 22.6. The van der Waals surface area contributed by atoms with Crippen LogP contribution in [0.15, 0.2) is 53.7 Å². The number of carbonyl (C=O) groups is 1. The van der Waals surface area contributed by atoms with Crippen LogP contribution in [0.3, 0.4) is 0 Å². The number of ether oxygens (including phenoxy) is 2. The molecule has 0 fully saturated rings. The van der Waals surface area contributed by atoms with Crippen molar-refractivity contribution >= 4 is 29.0 Å². The zero-order chi connectivity index (χ0) is 22.2. The molecule has 0 unspecified atom stereocenters. The van der Waals surface area contributed by atoms with Crippen molar-refractivity contribution in [1.82, 2.24) is 14.9 Å². The molecular weight excluding hydrogens is 424 g/mol. The lowest BCUT2D eigenvalue weighted by atomic mass is 10.2. The van der Waals surface area contributed by atoms with Crippen molar-refractivity contribution in [2.24, 2.45) is 0 Å². The third-order valence-electron chi connectivity index (χ3n) is 4.08. The normalized spacial score (nSPS) is 10.5. The standard InChI is InChI=1S/C19H20N6O5S/c1-29-13-5-4-6-14(11-13)30-12-17-22-23-19(24(17)20)31-10-9-18(26)21-15-7-2-3-8-16(15)25(27)28/h2-8,11H,9-10,12,20H2,1H3,(H,21,26). The molecule has 1 amide bonds. The molecule has 0 aliphatic carbocycles. The summed E-state index contributed by atoms with van der Waals surface area (Å²) in [7, 11) is 1.57. The third kappa shape index (κ3) is 5.85. The molecule has 0 saturated carbocycles. The van der Waals surface area contributed by atoms with Gasteiger partial charge in [0.05, 0.1) is 12.0 Å². The number of benzene rings is 2. The fourth-order valence-electron chi connectivity index (χ4n) is 2.53. The molecule has 3 N–H and O–H groups in total. The zero-order valence-electron chi connectivity index (χ0n) is 16.6. The second-order valence-electron chi connectivity index (χ2n) is 6.16. The van der Waals surface area contributed by atoms with Gasteiger partial charge in [-0.25, -0.2) is 4.68 Å². The Morgan fingerprint density at radius 3 is 2.77 bits per heavy atom. The molecule has 0 bridgehead atoms. The van der Waals surface area contributed by atoms with Crippen LogP contribution in [0.5, 0.6) is 11.5 Å². The molecule has 11 nitrogen and oxygen atoms in total. The summed E-state index contributed by atoms with van der Waals surface area (Å²) in [5.41, 5.74) is -0.00708. The molecule has 3 aromatic rings. The maximum absolute atomic E-state index is 12.1. The molecule has 0 aliphatic heterocycles. The first-order valence-corrected chi connectivity index (χ1v) is 10.1. The number of hydrogen-bond acceptors (Lipinski definition) is 9. The van der Waals surface area contributed by atoms with Gasteiger partial charge in [0.1, 0.15) is 23.8 Å². The van der Waals surface area contributed by atoms with E-state index in [1.165, 1.54) is 34.6 Å². The van der Waals surface area contributed by atoms with Crippen molar-refractivity contribution in [1.29, 1.82) is 0 Å². The third-order valence-corrected chi connectivity index (χ3v) is 5.02. The molecule has 0 spiro atoms. The van der Waals surface area contributed by atoms with E-state index in [-0.39, 0.29) is 30.3 Å². The van der Waals surface area contributed by atoms with Gasteiger partial charge in [-0.3, -0.25) is 14.9 Å². The Bertz CT molecular complexity index is 1070. The number of methoxy groups -OCH3 is 1. The highest BCUT2D eigenvalue weighted by Gasteiger charge is 2.16. The van der Waals surface area contributed by atoms with Gasteiger partial charge in [-0.15, -0.1) is 10.2 Å². The van der Waals surface area contributed by atoms with Gasteiger partial charge in [-0.2, -0.15) is 0 Å². The number of para-hydroxylation sites is 2. The van der Waals surface area contributed by atoms with Crippen molar-refractivity contribution in [3.8, 4) is 11.5 Å². The average Bonchev–Trinajstić information content (AvgIpc) is 3.12. The summed E-state index contributed by atoms with van der Waals surface area (Å²) in [5.74, 6) is 7.69. The number of nitro groups is 1. The molecule has 0 saturated heterocycles. The van der Waals surface area contributed by atoms with E-state index in [2.05, 4.69) is 15.5 Å². The van der Waals surface area contributed by atoms with Crippen molar-refractivity contribution in [2.45, 2.75) is 18.2 Å². The number of nitrogens with two attached hydrogens (primary N) is 1. The van der Waals surface area contributed by atoms with Gasteiger partial charge in [0, 0.05) is 24.3 Å². The predicted octanol–water partition coefficient (Wildman–Crippen LogP) is 2.61. The SMILES string of the molecule is COc1cccc(OCc2nnc(SCCC(=O)Nc3ccccc3[N+](=O)[O-])n2N)c1. The van der Waals surface area contributed by atoms with Crippen molar-refractivity contribution in [3.05, 3.63) is 64.5 Å². The summed E-state index contributed by atoms with van der Waals surface area (Å²) >= 11 is 1.24. The number of aromatic nitrogens is 3. The Kier molecular flexibility index (Phi) is 7.27. The quantitative estimate of drug-likeness (QED) is 0.208. The number of anilines is 1. The Morgan fingerprint density at radius 1 is 1.23 bits per heavy atom. The minimum Gasteiger partial charge on any atom is -0.497 e. The molecular formula is C19H20N6O5S. The average molecular weight is 444 g/mol.